The largest absolute Gasteiger partial charge is 0.0616 e. The smallest absolute Gasteiger partial charge is 0.00134 e. The molecule has 0 bridgehead atoms. The second kappa shape index (κ2) is 10.5. The first kappa shape index (κ1) is 27.5. The monoisotopic (exact) mass is 630 g/mol. The molecule has 0 radical (unpaired) electrons. The first-order valence-electron chi connectivity index (χ1n) is 17.4. The van der Waals surface area contributed by atoms with Crippen LogP contribution in [0.3, 0.4) is 0 Å². The summed E-state index contributed by atoms with van der Waals surface area (Å²) in [5.41, 5.74) is 12.8. The van der Waals surface area contributed by atoms with Crippen LogP contribution in [0, 0.1) is 0 Å². The Morgan fingerprint density at radius 3 is 1.50 bits per heavy atom. The Morgan fingerprint density at radius 1 is 0.220 bits per heavy atom. The zero-order chi connectivity index (χ0) is 32.8. The van der Waals surface area contributed by atoms with Crippen LogP contribution in [0.1, 0.15) is 0 Å². The average Bonchev–Trinajstić information content (AvgIpc) is 3.51. The highest BCUT2D eigenvalue weighted by Gasteiger charge is 2.26. The fourth-order valence-corrected chi connectivity index (χ4v) is 8.53. The van der Waals surface area contributed by atoms with Gasteiger partial charge in [-0.25, -0.2) is 0 Å². The van der Waals surface area contributed by atoms with E-state index < -0.39 is 0 Å². The molecule has 0 aliphatic heterocycles. The maximum absolute atomic E-state index is 2.41. The van der Waals surface area contributed by atoms with Crippen molar-refractivity contribution in [3.8, 4) is 55.6 Å². The van der Waals surface area contributed by atoms with Gasteiger partial charge in [-0.05, 0) is 140 Å². The lowest BCUT2D eigenvalue weighted by atomic mass is 9.89. The van der Waals surface area contributed by atoms with E-state index in [2.05, 4.69) is 182 Å². The van der Waals surface area contributed by atoms with Crippen LogP contribution >= 0.6 is 0 Å². The number of benzene rings is 10. The summed E-state index contributed by atoms with van der Waals surface area (Å²) in [5, 5.41) is 12.9. The second-order valence-corrected chi connectivity index (χ2v) is 13.7. The van der Waals surface area contributed by atoms with Crippen LogP contribution in [0.4, 0.5) is 0 Å². The van der Waals surface area contributed by atoms with E-state index in [9.17, 15) is 0 Å². The second-order valence-electron chi connectivity index (χ2n) is 13.7. The summed E-state index contributed by atoms with van der Waals surface area (Å²) in [6.07, 6.45) is 0. The predicted octanol–water partition coefficient (Wildman–Crippen LogP) is 14.1. The van der Waals surface area contributed by atoms with Crippen LogP contribution in [0.15, 0.2) is 182 Å². The van der Waals surface area contributed by atoms with Crippen molar-refractivity contribution in [1.82, 2.24) is 0 Å². The van der Waals surface area contributed by atoms with Crippen LogP contribution in [-0.2, 0) is 0 Å². The minimum Gasteiger partial charge on any atom is -0.0616 e. The average molecular weight is 631 g/mol. The number of rotatable bonds is 3. The van der Waals surface area contributed by atoms with Gasteiger partial charge in [0.05, 0.1) is 0 Å². The Bertz CT molecular complexity index is 3030. The lowest BCUT2D eigenvalue weighted by Gasteiger charge is -2.14. The summed E-state index contributed by atoms with van der Waals surface area (Å²) >= 11 is 0. The van der Waals surface area contributed by atoms with Gasteiger partial charge in [-0.2, -0.15) is 0 Å². The first-order chi connectivity index (χ1) is 24.8. The van der Waals surface area contributed by atoms with Crippen molar-refractivity contribution in [2.45, 2.75) is 0 Å². The van der Waals surface area contributed by atoms with E-state index in [1.807, 2.05) is 0 Å². The van der Waals surface area contributed by atoms with Crippen LogP contribution in [0.2, 0.25) is 0 Å². The fourth-order valence-electron chi connectivity index (χ4n) is 8.53. The van der Waals surface area contributed by atoms with Gasteiger partial charge in [-0.3, -0.25) is 0 Å². The van der Waals surface area contributed by atoms with Gasteiger partial charge in [0.15, 0.2) is 0 Å². The van der Waals surface area contributed by atoms with Gasteiger partial charge >= 0.3 is 0 Å². The molecule has 10 aromatic carbocycles. The molecule has 0 amide bonds. The van der Waals surface area contributed by atoms with E-state index in [0.717, 1.165) is 0 Å². The Balaban J connectivity index is 1.05. The fraction of sp³-hybridized carbons (Fsp3) is 0. The third-order valence-corrected chi connectivity index (χ3v) is 10.9. The Labute approximate surface area is 290 Å². The molecule has 0 N–H and O–H groups in total. The van der Waals surface area contributed by atoms with Crippen LogP contribution in [0.5, 0.6) is 0 Å². The predicted molar refractivity (Wildman–Crippen MR) is 215 cm³/mol. The zero-order valence-corrected chi connectivity index (χ0v) is 27.3. The van der Waals surface area contributed by atoms with Gasteiger partial charge in [0.2, 0.25) is 0 Å². The highest BCUT2D eigenvalue weighted by Crippen LogP contribution is 2.53. The summed E-state index contributed by atoms with van der Waals surface area (Å²) in [7, 11) is 0. The van der Waals surface area contributed by atoms with E-state index in [4.69, 9.17) is 0 Å². The van der Waals surface area contributed by atoms with Crippen molar-refractivity contribution < 1.29 is 0 Å². The molecule has 10 aromatic rings. The molecule has 0 saturated heterocycles. The van der Waals surface area contributed by atoms with Crippen LogP contribution < -0.4 is 0 Å². The quantitative estimate of drug-likeness (QED) is 0.170. The molecular formula is C50H30. The van der Waals surface area contributed by atoms with Gasteiger partial charge in [0, 0.05) is 0 Å². The topological polar surface area (TPSA) is 0 Å². The van der Waals surface area contributed by atoms with Gasteiger partial charge in [-0.1, -0.05) is 152 Å². The van der Waals surface area contributed by atoms with E-state index in [-0.39, 0.29) is 0 Å². The van der Waals surface area contributed by atoms with Crippen LogP contribution in [-0.4, -0.2) is 0 Å². The van der Waals surface area contributed by atoms with Crippen molar-refractivity contribution in [2.24, 2.45) is 0 Å². The molecule has 0 unspecified atom stereocenters. The molecule has 1 aliphatic carbocycles. The van der Waals surface area contributed by atoms with Gasteiger partial charge in [-0.15, -0.1) is 0 Å². The molecule has 50 heavy (non-hydrogen) atoms. The third kappa shape index (κ3) is 4.06. The maximum atomic E-state index is 2.41. The van der Waals surface area contributed by atoms with Crippen LogP contribution in [0.25, 0.3) is 109 Å². The molecule has 0 saturated carbocycles. The molecule has 0 fully saturated rings. The number of fused-ring (bicyclic) bond motifs is 9. The Kier molecular flexibility index (Phi) is 5.76. The summed E-state index contributed by atoms with van der Waals surface area (Å²) in [4.78, 5) is 0. The number of hydrogen-bond acceptors (Lipinski definition) is 0. The molecule has 0 spiro atoms. The minimum atomic E-state index is 1.23. The summed E-state index contributed by atoms with van der Waals surface area (Å²) in [6.45, 7) is 0. The van der Waals surface area contributed by atoms with E-state index in [1.54, 1.807) is 0 Å². The molecule has 0 nitrogen and oxygen atoms in total. The lowest BCUT2D eigenvalue weighted by Crippen LogP contribution is -1.87. The van der Waals surface area contributed by atoms with Gasteiger partial charge < -0.3 is 0 Å². The maximum Gasteiger partial charge on any atom is -0.00134 e. The molecule has 230 valence electrons. The molecule has 0 heteroatoms. The van der Waals surface area contributed by atoms with Crippen molar-refractivity contribution in [3.63, 3.8) is 0 Å². The van der Waals surface area contributed by atoms with E-state index >= 15 is 0 Å². The first-order valence-corrected chi connectivity index (χ1v) is 17.4. The lowest BCUT2D eigenvalue weighted by molar-refractivity contribution is 1.62. The van der Waals surface area contributed by atoms with E-state index in [0.29, 0.717) is 0 Å². The third-order valence-electron chi connectivity index (χ3n) is 10.9. The molecule has 0 aromatic heterocycles. The molecule has 1 aliphatic rings. The molecule has 0 heterocycles. The molecule has 0 atom stereocenters. The summed E-state index contributed by atoms with van der Waals surface area (Å²) < 4.78 is 0. The molecule has 11 rings (SSSR count). The number of hydrogen-bond donors (Lipinski definition) is 0. The molecular weight excluding hydrogens is 601 g/mol. The van der Waals surface area contributed by atoms with Crippen molar-refractivity contribution >= 4 is 53.9 Å². The Morgan fingerprint density at radius 2 is 0.740 bits per heavy atom. The van der Waals surface area contributed by atoms with Gasteiger partial charge in [0.1, 0.15) is 0 Å². The summed E-state index contributed by atoms with van der Waals surface area (Å²) in [5.74, 6) is 0. The van der Waals surface area contributed by atoms with E-state index in [1.165, 1.54) is 109 Å². The summed E-state index contributed by atoms with van der Waals surface area (Å²) in [6, 6.07) is 67.6. The Hall–Kier alpha value is -6.50. The van der Waals surface area contributed by atoms with Crippen molar-refractivity contribution in [2.75, 3.05) is 0 Å². The normalized spacial score (nSPS) is 12.0. The highest BCUT2D eigenvalue weighted by molar-refractivity contribution is 6.29. The highest BCUT2D eigenvalue weighted by atomic mass is 14.3. The SMILES string of the molecule is c1cc(-c2ccc3cc(-c4ccc5ccccc5c4)ccc3c2)cc(-c2ccc3c4c(cc5ccccc5c24)-c2ccc4ccccc4c2-3)c1. The minimum absolute atomic E-state index is 1.23. The zero-order valence-electron chi connectivity index (χ0n) is 27.3. The van der Waals surface area contributed by atoms with Crippen molar-refractivity contribution in [3.05, 3.63) is 182 Å². The van der Waals surface area contributed by atoms with Crippen molar-refractivity contribution in [1.29, 1.82) is 0 Å². The standard InChI is InChI=1S/C50H30/c1-2-10-33-26-36(17-16-31(33)8-1)38-21-20-37-27-35(18-19-39(37)28-38)34-12-7-13-40(29-34)44-24-25-46-48-42-14-5-3-9-32(42)22-23-45(48)47-30-41-11-4-6-15-43(41)49(44)50(46)47/h1-30H. The van der Waals surface area contributed by atoms with Gasteiger partial charge in [0.25, 0.3) is 0 Å².